The summed E-state index contributed by atoms with van der Waals surface area (Å²) in [6.45, 7) is 0. The summed E-state index contributed by atoms with van der Waals surface area (Å²) < 4.78 is 11.1. The predicted molar refractivity (Wildman–Crippen MR) is 59.4 cm³/mol. The Morgan fingerprint density at radius 3 is 2.71 bits per heavy atom. The second-order valence-corrected chi connectivity index (χ2v) is 5.30. The van der Waals surface area contributed by atoms with Gasteiger partial charge in [-0.25, -0.2) is 9.78 Å². The number of para-hydroxylation sites is 1. The van der Waals surface area contributed by atoms with Crippen LogP contribution in [0, 0.1) is 0 Å². The standard InChI is InChI=1S/C8H8N3O4PS/c12-7(11-16(13,14)15)10-8-9-5-3-1-2-4-6(5)17-8/h1-4H,(H4,9,10,11,12,13,14,15)/p-2. The van der Waals surface area contributed by atoms with Crippen LogP contribution in [0.15, 0.2) is 24.3 Å². The molecule has 0 spiro atoms. The molecular weight excluding hydrogens is 265 g/mol. The molecule has 2 N–H and O–H groups in total. The first kappa shape index (κ1) is 12.0. The average Bonchev–Trinajstić information content (AvgIpc) is 2.55. The highest BCUT2D eigenvalue weighted by atomic mass is 32.1. The Morgan fingerprint density at radius 1 is 1.35 bits per heavy atom. The van der Waals surface area contributed by atoms with E-state index in [-0.39, 0.29) is 5.13 Å². The number of hydrogen-bond donors (Lipinski definition) is 2. The zero-order chi connectivity index (χ0) is 12.5. The van der Waals surface area contributed by atoms with E-state index < -0.39 is 13.8 Å². The number of nitrogens with zero attached hydrogens (tertiary/aromatic N) is 1. The quantitative estimate of drug-likeness (QED) is 0.759. The van der Waals surface area contributed by atoms with Crippen LogP contribution in [0.4, 0.5) is 9.93 Å². The maximum Gasteiger partial charge on any atom is 0.324 e. The van der Waals surface area contributed by atoms with E-state index in [9.17, 15) is 19.1 Å². The number of amides is 2. The molecule has 0 aliphatic heterocycles. The summed E-state index contributed by atoms with van der Waals surface area (Å²) in [6.07, 6.45) is 0. The van der Waals surface area contributed by atoms with Gasteiger partial charge in [-0.3, -0.25) is 5.32 Å². The molecule has 9 heteroatoms. The molecule has 2 amide bonds. The molecule has 0 atom stereocenters. The minimum absolute atomic E-state index is 0.220. The number of urea groups is 1. The van der Waals surface area contributed by atoms with Gasteiger partial charge in [-0.2, -0.15) is 0 Å². The molecule has 0 fully saturated rings. The van der Waals surface area contributed by atoms with Crippen molar-refractivity contribution in [2.24, 2.45) is 0 Å². The summed E-state index contributed by atoms with van der Waals surface area (Å²) in [5, 5.41) is 3.67. The molecule has 0 unspecified atom stereocenters. The van der Waals surface area contributed by atoms with Crippen LogP contribution in [0.25, 0.3) is 10.2 Å². The number of benzene rings is 1. The lowest BCUT2D eigenvalue weighted by Crippen LogP contribution is -2.35. The smallest absolute Gasteiger partial charge is 0.324 e. The van der Waals surface area contributed by atoms with Crippen molar-refractivity contribution in [2.45, 2.75) is 0 Å². The molecule has 0 radical (unpaired) electrons. The van der Waals surface area contributed by atoms with Gasteiger partial charge in [-0.15, -0.1) is 0 Å². The zero-order valence-corrected chi connectivity index (χ0v) is 9.96. The number of thiazole rings is 1. The SMILES string of the molecule is O=C(Nc1nc2ccccc2s1)NP(=O)([O-])[O-]. The average molecular weight is 271 g/mol. The second-order valence-electron chi connectivity index (χ2n) is 3.05. The van der Waals surface area contributed by atoms with Gasteiger partial charge in [-0.1, -0.05) is 23.5 Å². The van der Waals surface area contributed by atoms with E-state index in [1.807, 2.05) is 12.1 Å². The lowest BCUT2D eigenvalue weighted by Gasteiger charge is -2.29. The van der Waals surface area contributed by atoms with Crippen molar-refractivity contribution in [2.75, 3.05) is 5.32 Å². The van der Waals surface area contributed by atoms with Gasteiger partial charge in [0, 0.05) is 7.75 Å². The molecule has 7 nitrogen and oxygen atoms in total. The van der Waals surface area contributed by atoms with Gasteiger partial charge in [-0.05, 0) is 12.1 Å². The number of carbonyl (C=O) groups excluding carboxylic acids is 1. The molecule has 0 saturated carbocycles. The first-order valence-corrected chi connectivity index (χ1v) is 6.77. The first-order valence-electron chi connectivity index (χ1n) is 4.41. The molecule has 2 aromatic rings. The predicted octanol–water partition coefficient (Wildman–Crippen LogP) is 0.246. The highest BCUT2D eigenvalue weighted by Gasteiger charge is 2.07. The van der Waals surface area contributed by atoms with Gasteiger partial charge >= 0.3 is 6.03 Å². The fourth-order valence-corrected chi connectivity index (χ4v) is 2.34. The molecule has 0 bridgehead atoms. The van der Waals surface area contributed by atoms with Crippen molar-refractivity contribution < 1.29 is 19.1 Å². The van der Waals surface area contributed by atoms with Gasteiger partial charge in [0.2, 0.25) is 0 Å². The number of nitrogens with one attached hydrogen (secondary N) is 2. The van der Waals surface area contributed by atoms with E-state index in [1.54, 1.807) is 12.1 Å². The van der Waals surface area contributed by atoms with E-state index in [0.717, 1.165) is 4.70 Å². The van der Waals surface area contributed by atoms with Crippen molar-refractivity contribution in [3.8, 4) is 0 Å². The Kier molecular flexibility index (Phi) is 3.12. The number of anilines is 1. The van der Waals surface area contributed by atoms with E-state index in [0.29, 0.717) is 5.52 Å². The molecule has 0 saturated heterocycles. The fraction of sp³-hybridized carbons (Fsp3) is 0. The number of aromatic nitrogens is 1. The summed E-state index contributed by atoms with van der Waals surface area (Å²) in [5.74, 6) is 0. The topological polar surface area (TPSA) is 117 Å². The van der Waals surface area contributed by atoms with Crippen LogP contribution in [0.5, 0.6) is 0 Å². The Morgan fingerprint density at radius 2 is 2.06 bits per heavy atom. The van der Waals surface area contributed by atoms with Crippen molar-refractivity contribution in [1.82, 2.24) is 10.1 Å². The monoisotopic (exact) mass is 271 g/mol. The molecule has 90 valence electrons. The number of hydrogen-bond acceptors (Lipinski definition) is 6. The van der Waals surface area contributed by atoms with Crippen LogP contribution in [0.3, 0.4) is 0 Å². The normalized spacial score (nSPS) is 11.4. The van der Waals surface area contributed by atoms with Crippen LogP contribution in [0.1, 0.15) is 0 Å². The maximum atomic E-state index is 11.1. The molecule has 0 aliphatic rings. The lowest BCUT2D eigenvalue weighted by atomic mass is 10.3. The van der Waals surface area contributed by atoms with Crippen molar-refractivity contribution >= 4 is 40.5 Å². The molecule has 1 heterocycles. The maximum absolute atomic E-state index is 11.1. The van der Waals surface area contributed by atoms with E-state index in [4.69, 9.17) is 0 Å². The summed E-state index contributed by atoms with van der Waals surface area (Å²) in [7, 11) is -5.08. The number of fused-ring (bicyclic) bond motifs is 1. The fourth-order valence-electron chi connectivity index (χ4n) is 1.18. The van der Waals surface area contributed by atoms with Crippen LogP contribution in [0.2, 0.25) is 0 Å². The van der Waals surface area contributed by atoms with E-state index in [2.05, 4.69) is 10.3 Å². The van der Waals surface area contributed by atoms with Crippen LogP contribution >= 0.6 is 19.1 Å². The van der Waals surface area contributed by atoms with Gasteiger partial charge in [0.25, 0.3) is 0 Å². The first-order chi connectivity index (χ1) is 7.94. The molecule has 1 aromatic carbocycles. The highest BCUT2D eigenvalue weighted by Crippen LogP contribution is 2.25. The third-order valence-electron chi connectivity index (χ3n) is 1.75. The lowest BCUT2D eigenvalue weighted by molar-refractivity contribution is -0.316. The second kappa shape index (κ2) is 4.42. The van der Waals surface area contributed by atoms with Crippen LogP contribution in [-0.2, 0) is 4.57 Å². The minimum Gasteiger partial charge on any atom is -0.795 e. The van der Waals surface area contributed by atoms with E-state index >= 15 is 0 Å². The molecule has 17 heavy (non-hydrogen) atoms. The zero-order valence-electron chi connectivity index (χ0n) is 8.25. The number of carbonyl (C=O) groups is 1. The summed E-state index contributed by atoms with van der Waals surface area (Å²) in [4.78, 5) is 35.7. The molecule has 0 aliphatic carbocycles. The van der Waals surface area contributed by atoms with Crippen LogP contribution < -0.4 is 20.2 Å². The van der Waals surface area contributed by atoms with Crippen molar-refractivity contribution in [1.29, 1.82) is 0 Å². The van der Waals surface area contributed by atoms with Gasteiger partial charge in [0.05, 0.1) is 10.2 Å². The summed E-state index contributed by atoms with van der Waals surface area (Å²) in [5.41, 5.74) is 0.681. The Balaban J connectivity index is 2.13. The number of rotatable bonds is 2. The Bertz CT molecular complexity index is 575. The highest BCUT2D eigenvalue weighted by molar-refractivity contribution is 7.47. The van der Waals surface area contributed by atoms with Crippen molar-refractivity contribution in [3.05, 3.63) is 24.3 Å². The Hall–Kier alpha value is -1.47. The summed E-state index contributed by atoms with van der Waals surface area (Å²) >= 11 is 1.17. The summed E-state index contributed by atoms with van der Waals surface area (Å²) in [6, 6.07) is 6.05. The molecular formula is C8H6N3O4PS-2. The van der Waals surface area contributed by atoms with Gasteiger partial charge in [0.15, 0.2) is 5.13 Å². The third-order valence-corrected chi connectivity index (χ3v) is 3.18. The van der Waals surface area contributed by atoms with Crippen LogP contribution in [-0.4, -0.2) is 11.0 Å². The molecule has 1 aromatic heterocycles. The van der Waals surface area contributed by atoms with Gasteiger partial charge in [0.1, 0.15) is 0 Å². The van der Waals surface area contributed by atoms with E-state index in [1.165, 1.54) is 16.4 Å². The third kappa shape index (κ3) is 3.24. The minimum atomic E-state index is -5.08. The van der Waals surface area contributed by atoms with Gasteiger partial charge < -0.3 is 19.4 Å². The molecule has 2 rings (SSSR count). The van der Waals surface area contributed by atoms with Crippen molar-refractivity contribution in [3.63, 3.8) is 0 Å². The Labute approximate surface area is 99.7 Å². The largest absolute Gasteiger partial charge is 0.795 e.